The lowest BCUT2D eigenvalue weighted by molar-refractivity contribution is -0.111. The van der Waals surface area contributed by atoms with Crippen molar-refractivity contribution >= 4 is 47.1 Å². The van der Waals surface area contributed by atoms with Gasteiger partial charge in [-0.05, 0) is 63.4 Å². The van der Waals surface area contributed by atoms with E-state index in [1.807, 2.05) is 30.3 Å². The number of hydrogen-bond donors (Lipinski definition) is 3. The quantitative estimate of drug-likeness (QED) is 0.158. The molecule has 1 aliphatic heterocycles. The van der Waals surface area contributed by atoms with Crippen LogP contribution in [0.5, 0.6) is 5.75 Å². The zero-order valence-electron chi connectivity index (χ0n) is 24.9. The highest BCUT2D eigenvalue weighted by Gasteiger charge is 2.19. The Bertz CT molecular complexity index is 1600. The van der Waals surface area contributed by atoms with Gasteiger partial charge in [-0.3, -0.25) is 4.79 Å². The third kappa shape index (κ3) is 8.92. The lowest BCUT2D eigenvalue weighted by Gasteiger charge is -2.27. The molecule has 1 aliphatic rings. The number of halogens is 1. The molecule has 43 heavy (non-hydrogen) atoms. The van der Waals surface area contributed by atoms with E-state index in [1.165, 1.54) is 12.3 Å². The molecule has 0 radical (unpaired) electrons. The highest BCUT2D eigenvalue weighted by atomic mass is 35.5. The molecule has 2 atom stereocenters. The maximum absolute atomic E-state index is 12.8. The summed E-state index contributed by atoms with van der Waals surface area (Å²) in [5.41, 5.74) is 2.54. The molecule has 2 aromatic carbocycles. The minimum Gasteiger partial charge on any atom is -0.496 e. The fraction of sp³-hybridized carbons (Fsp3) is 0.344. The van der Waals surface area contributed by atoms with E-state index in [-0.39, 0.29) is 18.4 Å². The SMILES string of the molecule is C=CC(=O)Nc1cc(Cc2ncc(Cl)c(Nc3ccccc3P(C)(C)=O)n2)c(OC)cc1C#CCNC1CCOC(C)C1. The maximum Gasteiger partial charge on any atom is 0.247 e. The molecule has 0 spiro atoms. The molecule has 1 fully saturated rings. The maximum atomic E-state index is 12.8. The van der Waals surface area contributed by atoms with Crippen LogP contribution in [0.3, 0.4) is 0 Å². The number of ether oxygens (including phenoxy) is 2. The van der Waals surface area contributed by atoms with E-state index in [0.29, 0.717) is 57.2 Å². The number of hydrogen-bond acceptors (Lipinski definition) is 8. The zero-order valence-corrected chi connectivity index (χ0v) is 26.5. The Morgan fingerprint density at radius 2 is 2.07 bits per heavy atom. The minimum absolute atomic E-state index is 0.232. The van der Waals surface area contributed by atoms with Gasteiger partial charge in [-0.2, -0.15) is 0 Å². The first-order valence-electron chi connectivity index (χ1n) is 14.0. The molecule has 0 saturated carbocycles. The molecule has 9 nitrogen and oxygen atoms in total. The summed E-state index contributed by atoms with van der Waals surface area (Å²) in [6, 6.07) is 11.3. The lowest BCUT2D eigenvalue weighted by Crippen LogP contribution is -2.38. The number of aromatic nitrogens is 2. The van der Waals surface area contributed by atoms with Crippen molar-refractivity contribution in [3.63, 3.8) is 0 Å². The average Bonchev–Trinajstić information content (AvgIpc) is 2.97. The number of nitrogens with zero attached hydrogens (tertiary/aromatic N) is 2. The van der Waals surface area contributed by atoms with Gasteiger partial charge in [0, 0.05) is 29.9 Å². The first kappa shape index (κ1) is 32.2. The van der Waals surface area contributed by atoms with Crippen LogP contribution in [0.2, 0.25) is 5.02 Å². The summed E-state index contributed by atoms with van der Waals surface area (Å²) >= 11 is 6.45. The topological polar surface area (TPSA) is 114 Å². The van der Waals surface area contributed by atoms with E-state index in [9.17, 15) is 9.36 Å². The fourth-order valence-electron chi connectivity index (χ4n) is 4.78. The number of anilines is 3. The van der Waals surface area contributed by atoms with Gasteiger partial charge >= 0.3 is 0 Å². The lowest BCUT2D eigenvalue weighted by atomic mass is 10.0. The summed E-state index contributed by atoms with van der Waals surface area (Å²) in [5, 5.41) is 10.6. The largest absolute Gasteiger partial charge is 0.496 e. The van der Waals surface area contributed by atoms with E-state index in [4.69, 9.17) is 21.1 Å². The number of para-hydroxylation sites is 1. The van der Waals surface area contributed by atoms with Gasteiger partial charge in [-0.15, -0.1) is 0 Å². The van der Waals surface area contributed by atoms with E-state index in [0.717, 1.165) is 25.0 Å². The fourth-order valence-corrected chi connectivity index (χ4v) is 6.08. The Morgan fingerprint density at radius 1 is 1.28 bits per heavy atom. The monoisotopic (exact) mass is 621 g/mol. The summed E-state index contributed by atoms with van der Waals surface area (Å²) in [7, 11) is -0.982. The van der Waals surface area contributed by atoms with Gasteiger partial charge in [0.05, 0.1) is 42.9 Å². The second kappa shape index (κ2) is 14.7. The van der Waals surface area contributed by atoms with Crippen LogP contribution in [0.1, 0.15) is 36.7 Å². The van der Waals surface area contributed by atoms with Crippen molar-refractivity contribution in [2.75, 3.05) is 44.2 Å². The van der Waals surface area contributed by atoms with E-state index < -0.39 is 7.14 Å². The van der Waals surface area contributed by atoms with Gasteiger partial charge in [-0.1, -0.05) is 42.2 Å². The van der Waals surface area contributed by atoms with Crippen LogP contribution in [0.15, 0.2) is 55.3 Å². The molecule has 11 heteroatoms. The van der Waals surface area contributed by atoms with Crippen molar-refractivity contribution in [1.29, 1.82) is 0 Å². The first-order chi connectivity index (χ1) is 20.6. The second-order valence-corrected chi connectivity index (χ2v) is 14.2. The van der Waals surface area contributed by atoms with Crippen LogP contribution in [-0.4, -0.2) is 61.6 Å². The number of carbonyl (C=O) groups excluding carboxylic acids is 1. The van der Waals surface area contributed by atoms with Crippen LogP contribution in [-0.2, 0) is 20.5 Å². The number of nitrogens with one attached hydrogen (secondary N) is 3. The zero-order chi connectivity index (χ0) is 31.0. The number of carbonyl (C=O) groups is 1. The molecule has 1 aromatic heterocycles. The van der Waals surface area contributed by atoms with Gasteiger partial charge in [0.25, 0.3) is 0 Å². The second-order valence-electron chi connectivity index (χ2n) is 10.6. The van der Waals surface area contributed by atoms with E-state index in [1.54, 1.807) is 26.5 Å². The highest BCUT2D eigenvalue weighted by molar-refractivity contribution is 7.70. The molecule has 4 rings (SSSR count). The molecular weight excluding hydrogens is 585 g/mol. The molecule has 3 aromatic rings. The van der Waals surface area contributed by atoms with Crippen LogP contribution >= 0.6 is 18.7 Å². The van der Waals surface area contributed by atoms with Crippen molar-refractivity contribution < 1.29 is 18.8 Å². The van der Waals surface area contributed by atoms with Crippen molar-refractivity contribution in [3.8, 4) is 17.6 Å². The van der Waals surface area contributed by atoms with E-state index in [2.05, 4.69) is 51.3 Å². The van der Waals surface area contributed by atoms with Crippen molar-refractivity contribution in [2.24, 2.45) is 0 Å². The molecule has 2 unspecified atom stereocenters. The Balaban J connectivity index is 1.60. The average molecular weight is 622 g/mol. The number of benzene rings is 2. The van der Waals surface area contributed by atoms with Crippen LogP contribution in [0.25, 0.3) is 0 Å². The van der Waals surface area contributed by atoms with Gasteiger partial charge in [0.15, 0.2) is 5.82 Å². The summed E-state index contributed by atoms with van der Waals surface area (Å²) in [6.07, 6.45) is 5.13. The number of methoxy groups -OCH3 is 1. The molecule has 226 valence electrons. The van der Waals surface area contributed by atoms with Gasteiger partial charge in [-0.25, -0.2) is 9.97 Å². The van der Waals surface area contributed by atoms with Gasteiger partial charge in [0.2, 0.25) is 5.91 Å². The number of rotatable bonds is 10. The Morgan fingerprint density at radius 3 is 2.79 bits per heavy atom. The Labute approximate surface area is 258 Å². The molecule has 0 bridgehead atoms. The van der Waals surface area contributed by atoms with Gasteiger partial charge in [0.1, 0.15) is 23.7 Å². The van der Waals surface area contributed by atoms with Crippen molar-refractivity contribution in [1.82, 2.24) is 15.3 Å². The molecule has 1 saturated heterocycles. The number of amides is 1. The standard InChI is InChI=1S/C32H37ClN5O4P/c1-6-31(39)36-27-17-23(28(41-3)18-22(27)10-9-14-34-24-13-15-42-21(2)16-24)19-30-35-20-25(33)32(38-30)37-26-11-7-8-12-29(26)43(4,5)40/h6-8,11-12,17-18,20-21,24,34H,1,13-16,19H2,2-5H3,(H,36,39)(H,35,37,38). The predicted octanol–water partition coefficient (Wildman–Crippen LogP) is 5.35. The normalized spacial score (nSPS) is 16.5. The molecule has 1 amide bonds. The molecule has 2 heterocycles. The third-order valence-electron chi connectivity index (χ3n) is 6.93. The van der Waals surface area contributed by atoms with Crippen molar-refractivity contribution in [2.45, 2.75) is 38.3 Å². The summed E-state index contributed by atoms with van der Waals surface area (Å²) in [5.74, 6) is 7.40. The third-order valence-corrected chi connectivity index (χ3v) is 8.76. The highest BCUT2D eigenvalue weighted by Crippen LogP contribution is 2.38. The molecule has 3 N–H and O–H groups in total. The minimum atomic E-state index is -2.56. The predicted molar refractivity (Wildman–Crippen MR) is 174 cm³/mol. The molecule has 0 aliphatic carbocycles. The smallest absolute Gasteiger partial charge is 0.247 e. The van der Waals surface area contributed by atoms with Crippen molar-refractivity contribution in [3.05, 3.63) is 77.2 Å². The molecular formula is C32H37ClN5O4P. The summed E-state index contributed by atoms with van der Waals surface area (Å²) in [4.78, 5) is 21.4. The van der Waals surface area contributed by atoms with E-state index >= 15 is 0 Å². The van der Waals surface area contributed by atoms with Crippen LogP contribution in [0, 0.1) is 11.8 Å². The van der Waals surface area contributed by atoms with Crippen LogP contribution in [0.4, 0.5) is 17.2 Å². The van der Waals surface area contributed by atoms with Crippen LogP contribution < -0.4 is 26.0 Å². The summed E-state index contributed by atoms with van der Waals surface area (Å²) < 4.78 is 24.2. The van der Waals surface area contributed by atoms with Gasteiger partial charge < -0.3 is 30.0 Å². The first-order valence-corrected chi connectivity index (χ1v) is 17.0. The Kier molecular flexibility index (Phi) is 11.0. The Hall–Kier alpha value is -3.67. The summed E-state index contributed by atoms with van der Waals surface area (Å²) in [6.45, 7) is 10.3.